The average Bonchev–Trinajstić information content (AvgIpc) is 2.11. The number of benzene rings is 1. The summed E-state index contributed by atoms with van der Waals surface area (Å²) < 4.78 is 0. The molecule has 1 aromatic rings. The van der Waals surface area contributed by atoms with E-state index in [4.69, 9.17) is 0 Å². The van der Waals surface area contributed by atoms with Crippen LogP contribution in [0.4, 0.5) is 5.69 Å². The van der Waals surface area contributed by atoms with Gasteiger partial charge in [-0.1, -0.05) is 18.2 Å². The number of rotatable bonds is 3. The Labute approximate surface area is 80.5 Å². The molecule has 0 saturated carbocycles. The number of hydrogen-bond donors (Lipinski definition) is 1. The van der Waals surface area contributed by atoms with Crippen LogP contribution < -0.4 is 5.32 Å². The maximum atomic E-state index is 3.75. The van der Waals surface area contributed by atoms with E-state index in [2.05, 4.69) is 50.9 Å². The molecular formula is C12H17N. The molecule has 0 spiro atoms. The van der Waals surface area contributed by atoms with E-state index in [1.165, 1.54) is 16.8 Å². The number of hydrogen-bond acceptors (Lipinski definition) is 1. The second-order valence-electron chi connectivity index (χ2n) is 3.49. The van der Waals surface area contributed by atoms with Gasteiger partial charge in [-0.05, 0) is 38.0 Å². The molecular weight excluding hydrogens is 158 g/mol. The summed E-state index contributed by atoms with van der Waals surface area (Å²) in [6.45, 7) is 10.0. The van der Waals surface area contributed by atoms with Crippen LogP contribution >= 0.6 is 0 Å². The summed E-state index contributed by atoms with van der Waals surface area (Å²) in [5, 5.41) is 3.38. The van der Waals surface area contributed by atoms with Crippen molar-refractivity contribution in [1.29, 1.82) is 0 Å². The average molecular weight is 175 g/mol. The van der Waals surface area contributed by atoms with Gasteiger partial charge in [0.2, 0.25) is 0 Å². The SMILES string of the molecule is C=CC(C)Nc1cc(C)ccc1C. The fraction of sp³-hybridized carbons (Fsp3) is 0.333. The van der Waals surface area contributed by atoms with Gasteiger partial charge in [0.05, 0.1) is 0 Å². The molecule has 1 rings (SSSR count). The van der Waals surface area contributed by atoms with E-state index in [0.717, 1.165) is 0 Å². The van der Waals surface area contributed by atoms with Crippen molar-refractivity contribution in [2.24, 2.45) is 0 Å². The van der Waals surface area contributed by atoms with Gasteiger partial charge in [-0.2, -0.15) is 0 Å². The lowest BCUT2D eigenvalue weighted by Gasteiger charge is -2.13. The minimum Gasteiger partial charge on any atom is -0.379 e. The molecule has 0 aliphatic carbocycles. The first-order valence-corrected chi connectivity index (χ1v) is 4.60. The van der Waals surface area contributed by atoms with Gasteiger partial charge in [-0.15, -0.1) is 6.58 Å². The van der Waals surface area contributed by atoms with Crippen LogP contribution in [0.15, 0.2) is 30.9 Å². The maximum absolute atomic E-state index is 3.75. The van der Waals surface area contributed by atoms with Crippen molar-refractivity contribution in [1.82, 2.24) is 0 Å². The lowest BCUT2D eigenvalue weighted by atomic mass is 10.1. The standard InChI is InChI=1S/C12H17N/c1-5-11(4)13-12-8-9(2)6-7-10(12)3/h5-8,11,13H,1H2,2-4H3. The highest BCUT2D eigenvalue weighted by Crippen LogP contribution is 2.17. The predicted molar refractivity (Wildman–Crippen MR) is 59.2 cm³/mol. The third-order valence-corrected chi connectivity index (χ3v) is 2.13. The van der Waals surface area contributed by atoms with Crippen LogP contribution in [0.25, 0.3) is 0 Å². The van der Waals surface area contributed by atoms with E-state index in [9.17, 15) is 0 Å². The van der Waals surface area contributed by atoms with Gasteiger partial charge < -0.3 is 5.32 Å². The monoisotopic (exact) mass is 175 g/mol. The third kappa shape index (κ3) is 2.62. The third-order valence-electron chi connectivity index (χ3n) is 2.13. The van der Waals surface area contributed by atoms with Crippen LogP contribution in [0.2, 0.25) is 0 Å². The van der Waals surface area contributed by atoms with Crippen LogP contribution in [-0.4, -0.2) is 6.04 Å². The van der Waals surface area contributed by atoms with Crippen LogP contribution in [0.1, 0.15) is 18.1 Å². The Morgan fingerprint density at radius 2 is 2.08 bits per heavy atom. The Morgan fingerprint density at radius 1 is 1.38 bits per heavy atom. The highest BCUT2D eigenvalue weighted by atomic mass is 14.9. The lowest BCUT2D eigenvalue weighted by Crippen LogP contribution is -2.12. The molecule has 0 saturated heterocycles. The van der Waals surface area contributed by atoms with Crippen LogP contribution in [-0.2, 0) is 0 Å². The van der Waals surface area contributed by atoms with Crippen molar-refractivity contribution in [3.63, 3.8) is 0 Å². The highest BCUT2D eigenvalue weighted by Gasteiger charge is 2.00. The van der Waals surface area contributed by atoms with Gasteiger partial charge >= 0.3 is 0 Å². The van der Waals surface area contributed by atoms with Gasteiger partial charge in [0, 0.05) is 11.7 Å². The van der Waals surface area contributed by atoms with E-state index >= 15 is 0 Å². The minimum atomic E-state index is 0.320. The number of anilines is 1. The predicted octanol–water partition coefficient (Wildman–Crippen LogP) is 3.29. The molecule has 70 valence electrons. The smallest absolute Gasteiger partial charge is 0.0413 e. The second kappa shape index (κ2) is 4.13. The van der Waals surface area contributed by atoms with E-state index in [1.807, 2.05) is 6.08 Å². The van der Waals surface area contributed by atoms with E-state index in [0.29, 0.717) is 6.04 Å². The zero-order valence-electron chi connectivity index (χ0n) is 8.59. The molecule has 1 aromatic carbocycles. The molecule has 0 aliphatic heterocycles. The molecule has 1 heteroatoms. The largest absolute Gasteiger partial charge is 0.379 e. The molecule has 0 aromatic heterocycles. The Balaban J connectivity index is 2.86. The fourth-order valence-electron chi connectivity index (χ4n) is 1.20. The van der Waals surface area contributed by atoms with E-state index < -0.39 is 0 Å². The minimum absolute atomic E-state index is 0.320. The second-order valence-corrected chi connectivity index (χ2v) is 3.49. The summed E-state index contributed by atoms with van der Waals surface area (Å²) in [7, 11) is 0. The molecule has 0 bridgehead atoms. The molecule has 0 radical (unpaired) electrons. The van der Waals surface area contributed by atoms with Gasteiger partial charge in [0.25, 0.3) is 0 Å². The van der Waals surface area contributed by atoms with Gasteiger partial charge in [0.1, 0.15) is 0 Å². The van der Waals surface area contributed by atoms with Crippen molar-refractivity contribution in [2.45, 2.75) is 26.8 Å². The fourth-order valence-corrected chi connectivity index (χ4v) is 1.20. The molecule has 13 heavy (non-hydrogen) atoms. The molecule has 1 nitrogen and oxygen atoms in total. The Bertz CT molecular complexity index is 302. The number of aryl methyl sites for hydroxylation is 2. The van der Waals surface area contributed by atoms with Gasteiger partial charge in [0.15, 0.2) is 0 Å². The first-order valence-electron chi connectivity index (χ1n) is 4.60. The summed E-state index contributed by atoms with van der Waals surface area (Å²) >= 11 is 0. The molecule has 1 N–H and O–H groups in total. The van der Waals surface area contributed by atoms with Crippen molar-refractivity contribution in [2.75, 3.05) is 5.32 Å². The Hall–Kier alpha value is -1.24. The van der Waals surface area contributed by atoms with Crippen molar-refractivity contribution in [3.05, 3.63) is 42.0 Å². The summed E-state index contributed by atoms with van der Waals surface area (Å²) in [5.74, 6) is 0. The summed E-state index contributed by atoms with van der Waals surface area (Å²) in [6, 6.07) is 6.74. The molecule has 0 fully saturated rings. The highest BCUT2D eigenvalue weighted by molar-refractivity contribution is 5.53. The van der Waals surface area contributed by atoms with Gasteiger partial charge in [-0.3, -0.25) is 0 Å². The van der Waals surface area contributed by atoms with Crippen molar-refractivity contribution < 1.29 is 0 Å². The molecule has 1 unspecified atom stereocenters. The van der Waals surface area contributed by atoms with Crippen LogP contribution in [0.3, 0.4) is 0 Å². The van der Waals surface area contributed by atoms with Crippen LogP contribution in [0.5, 0.6) is 0 Å². The van der Waals surface area contributed by atoms with Crippen molar-refractivity contribution >= 4 is 5.69 Å². The summed E-state index contributed by atoms with van der Waals surface area (Å²) in [5.41, 5.74) is 3.76. The maximum Gasteiger partial charge on any atom is 0.0413 e. The Kier molecular flexibility index (Phi) is 3.13. The summed E-state index contributed by atoms with van der Waals surface area (Å²) in [6.07, 6.45) is 1.90. The zero-order chi connectivity index (χ0) is 9.84. The Morgan fingerprint density at radius 3 is 2.69 bits per heavy atom. The summed E-state index contributed by atoms with van der Waals surface area (Å²) in [4.78, 5) is 0. The van der Waals surface area contributed by atoms with Crippen LogP contribution in [0, 0.1) is 13.8 Å². The quantitative estimate of drug-likeness (QED) is 0.695. The first-order chi connectivity index (χ1) is 6.13. The molecule has 0 aliphatic rings. The number of nitrogens with one attached hydrogen (secondary N) is 1. The topological polar surface area (TPSA) is 12.0 Å². The molecule has 0 amide bonds. The molecule has 1 atom stereocenters. The zero-order valence-corrected chi connectivity index (χ0v) is 8.59. The normalized spacial score (nSPS) is 12.2. The van der Waals surface area contributed by atoms with E-state index in [1.54, 1.807) is 0 Å². The first kappa shape index (κ1) is 9.85. The van der Waals surface area contributed by atoms with E-state index in [-0.39, 0.29) is 0 Å². The van der Waals surface area contributed by atoms with Gasteiger partial charge in [-0.25, -0.2) is 0 Å². The lowest BCUT2D eigenvalue weighted by molar-refractivity contribution is 0.996. The van der Waals surface area contributed by atoms with Crippen molar-refractivity contribution in [3.8, 4) is 0 Å². The molecule has 0 heterocycles.